The van der Waals surface area contributed by atoms with Crippen molar-refractivity contribution in [2.24, 2.45) is 7.05 Å². The molecule has 0 N–H and O–H groups in total. The van der Waals surface area contributed by atoms with E-state index in [4.69, 9.17) is 0 Å². The molecule has 0 atom stereocenters. The minimum atomic E-state index is -0.0486. The van der Waals surface area contributed by atoms with Crippen molar-refractivity contribution in [2.75, 3.05) is 0 Å². The molecule has 0 bridgehead atoms. The lowest BCUT2D eigenvalue weighted by atomic mass is 10.00. The average molecular weight is 282 g/mol. The number of aryl methyl sites for hydroxylation is 4. The predicted octanol–water partition coefficient (Wildman–Crippen LogP) is 2.10. The molecule has 0 radical (unpaired) electrons. The van der Waals surface area contributed by atoms with Gasteiger partial charge in [0.05, 0.1) is 12.7 Å². The van der Waals surface area contributed by atoms with E-state index in [2.05, 4.69) is 43.0 Å². The van der Waals surface area contributed by atoms with Gasteiger partial charge in [0.2, 0.25) is 0 Å². The van der Waals surface area contributed by atoms with Crippen LogP contribution in [0.4, 0.5) is 0 Å². The first kappa shape index (κ1) is 13.5. The summed E-state index contributed by atoms with van der Waals surface area (Å²) in [4.78, 5) is 16.8. The molecular weight excluding hydrogens is 264 g/mol. The van der Waals surface area contributed by atoms with Crippen molar-refractivity contribution in [3.63, 3.8) is 0 Å². The zero-order valence-corrected chi connectivity index (χ0v) is 12.7. The molecule has 0 saturated heterocycles. The summed E-state index contributed by atoms with van der Waals surface area (Å²) in [5, 5.41) is 4.65. The van der Waals surface area contributed by atoms with Gasteiger partial charge in [-0.1, -0.05) is 17.7 Å². The highest BCUT2D eigenvalue weighted by molar-refractivity contribution is 5.72. The minimum absolute atomic E-state index is 0.0486. The van der Waals surface area contributed by atoms with Gasteiger partial charge in [0, 0.05) is 7.05 Å². The summed E-state index contributed by atoms with van der Waals surface area (Å²) in [7, 11) is 1.79. The van der Waals surface area contributed by atoms with E-state index in [0.717, 1.165) is 0 Å². The lowest BCUT2D eigenvalue weighted by Gasteiger charge is -2.12. The van der Waals surface area contributed by atoms with Gasteiger partial charge >= 0.3 is 0 Å². The van der Waals surface area contributed by atoms with E-state index >= 15 is 0 Å². The van der Waals surface area contributed by atoms with Gasteiger partial charge in [-0.05, 0) is 37.5 Å². The molecule has 1 aromatic carbocycles. The number of rotatable bonds is 2. The van der Waals surface area contributed by atoms with Crippen LogP contribution in [0.3, 0.4) is 0 Å². The number of fused-ring (bicyclic) bond motifs is 1. The Bertz CT molecular complexity index is 866. The SMILES string of the molecule is Cc1cc(C)c(Cn2cnc3c(cnn3C)c2=O)c(C)c1. The summed E-state index contributed by atoms with van der Waals surface area (Å²) in [5.74, 6) is 0. The van der Waals surface area contributed by atoms with Crippen molar-refractivity contribution in [1.82, 2.24) is 19.3 Å². The van der Waals surface area contributed by atoms with Crippen LogP contribution < -0.4 is 5.56 Å². The number of hydrogen-bond acceptors (Lipinski definition) is 3. The zero-order valence-electron chi connectivity index (χ0n) is 12.7. The summed E-state index contributed by atoms with van der Waals surface area (Å²) in [5.41, 5.74) is 5.38. The molecule has 2 aromatic heterocycles. The van der Waals surface area contributed by atoms with E-state index in [1.54, 1.807) is 28.8 Å². The molecule has 5 heteroatoms. The van der Waals surface area contributed by atoms with Crippen molar-refractivity contribution in [1.29, 1.82) is 0 Å². The second kappa shape index (κ2) is 4.84. The Morgan fingerprint density at radius 1 is 1.14 bits per heavy atom. The van der Waals surface area contributed by atoms with E-state index in [1.165, 1.54) is 22.3 Å². The predicted molar refractivity (Wildman–Crippen MR) is 82.5 cm³/mol. The van der Waals surface area contributed by atoms with Gasteiger partial charge in [0.15, 0.2) is 5.65 Å². The molecule has 0 unspecified atom stereocenters. The quantitative estimate of drug-likeness (QED) is 0.723. The maximum Gasteiger partial charge on any atom is 0.264 e. The monoisotopic (exact) mass is 282 g/mol. The maximum absolute atomic E-state index is 12.5. The van der Waals surface area contributed by atoms with E-state index in [9.17, 15) is 4.79 Å². The summed E-state index contributed by atoms with van der Waals surface area (Å²) in [6.45, 7) is 6.78. The first-order valence-corrected chi connectivity index (χ1v) is 6.91. The van der Waals surface area contributed by atoms with E-state index in [1.807, 2.05) is 0 Å². The Balaban J connectivity index is 2.11. The van der Waals surface area contributed by atoms with E-state index in [0.29, 0.717) is 17.6 Å². The number of nitrogens with zero attached hydrogens (tertiary/aromatic N) is 4. The van der Waals surface area contributed by atoms with Crippen LogP contribution >= 0.6 is 0 Å². The first-order valence-electron chi connectivity index (χ1n) is 6.91. The molecule has 0 aliphatic heterocycles. The van der Waals surface area contributed by atoms with Gasteiger partial charge in [-0.25, -0.2) is 4.98 Å². The highest BCUT2D eigenvalue weighted by Crippen LogP contribution is 2.17. The van der Waals surface area contributed by atoms with Crippen LogP contribution in [0, 0.1) is 20.8 Å². The molecule has 2 heterocycles. The molecule has 3 rings (SSSR count). The van der Waals surface area contributed by atoms with Crippen LogP contribution in [0.25, 0.3) is 11.0 Å². The Hall–Kier alpha value is -2.43. The highest BCUT2D eigenvalue weighted by Gasteiger charge is 2.10. The fourth-order valence-electron chi connectivity index (χ4n) is 2.81. The molecule has 0 saturated carbocycles. The van der Waals surface area contributed by atoms with Crippen LogP contribution in [0.1, 0.15) is 22.3 Å². The highest BCUT2D eigenvalue weighted by atomic mass is 16.1. The largest absolute Gasteiger partial charge is 0.294 e. The number of benzene rings is 1. The topological polar surface area (TPSA) is 52.7 Å². The fourth-order valence-corrected chi connectivity index (χ4v) is 2.81. The maximum atomic E-state index is 12.5. The summed E-state index contributed by atoms with van der Waals surface area (Å²) < 4.78 is 3.26. The normalized spacial score (nSPS) is 11.2. The first-order chi connectivity index (χ1) is 9.97. The third-order valence-corrected chi connectivity index (χ3v) is 3.89. The van der Waals surface area contributed by atoms with Gasteiger partial charge in [0.1, 0.15) is 11.7 Å². The Morgan fingerprint density at radius 3 is 2.48 bits per heavy atom. The van der Waals surface area contributed by atoms with Crippen LogP contribution in [0.2, 0.25) is 0 Å². The van der Waals surface area contributed by atoms with Gasteiger partial charge < -0.3 is 0 Å². The summed E-state index contributed by atoms with van der Waals surface area (Å²) >= 11 is 0. The van der Waals surface area contributed by atoms with Gasteiger partial charge in [-0.2, -0.15) is 5.10 Å². The smallest absolute Gasteiger partial charge is 0.264 e. The molecule has 0 spiro atoms. The zero-order chi connectivity index (χ0) is 15.1. The van der Waals surface area contributed by atoms with Crippen molar-refractivity contribution in [2.45, 2.75) is 27.3 Å². The summed E-state index contributed by atoms with van der Waals surface area (Å²) in [6.07, 6.45) is 3.18. The number of hydrogen-bond donors (Lipinski definition) is 0. The molecule has 5 nitrogen and oxygen atoms in total. The van der Waals surface area contributed by atoms with Crippen LogP contribution in [0.5, 0.6) is 0 Å². The molecule has 0 aliphatic rings. The Kier molecular flexibility index (Phi) is 3.12. The minimum Gasteiger partial charge on any atom is -0.294 e. The third kappa shape index (κ3) is 2.24. The molecular formula is C16H18N4O. The van der Waals surface area contributed by atoms with Crippen molar-refractivity contribution in [3.8, 4) is 0 Å². The lowest BCUT2D eigenvalue weighted by Crippen LogP contribution is -2.22. The van der Waals surface area contributed by atoms with Gasteiger partial charge in [0.25, 0.3) is 5.56 Å². The van der Waals surface area contributed by atoms with Crippen LogP contribution in [-0.4, -0.2) is 19.3 Å². The van der Waals surface area contributed by atoms with E-state index < -0.39 is 0 Å². The standard InChI is InChI=1S/C16H18N4O/c1-10-5-11(2)14(12(3)6-10)8-20-9-17-15-13(16(20)21)7-18-19(15)4/h5-7,9H,8H2,1-4H3. The number of aromatic nitrogens is 4. The third-order valence-electron chi connectivity index (χ3n) is 3.89. The van der Waals surface area contributed by atoms with Crippen LogP contribution in [-0.2, 0) is 13.6 Å². The molecule has 21 heavy (non-hydrogen) atoms. The van der Waals surface area contributed by atoms with Crippen molar-refractivity contribution < 1.29 is 0 Å². The Morgan fingerprint density at radius 2 is 1.81 bits per heavy atom. The van der Waals surface area contributed by atoms with E-state index in [-0.39, 0.29) is 5.56 Å². The Labute approximate surface area is 122 Å². The van der Waals surface area contributed by atoms with Crippen molar-refractivity contribution in [3.05, 3.63) is 57.3 Å². The van der Waals surface area contributed by atoms with Crippen molar-refractivity contribution >= 4 is 11.0 Å². The van der Waals surface area contributed by atoms with Gasteiger partial charge in [-0.3, -0.25) is 14.0 Å². The second-order valence-corrected chi connectivity index (χ2v) is 5.56. The lowest BCUT2D eigenvalue weighted by molar-refractivity contribution is 0.731. The van der Waals surface area contributed by atoms with Gasteiger partial charge in [-0.15, -0.1) is 0 Å². The fraction of sp³-hybridized carbons (Fsp3) is 0.312. The molecule has 0 fully saturated rings. The molecule has 3 aromatic rings. The summed E-state index contributed by atoms with van der Waals surface area (Å²) in [6, 6.07) is 4.28. The average Bonchev–Trinajstić information content (AvgIpc) is 2.78. The molecule has 0 aliphatic carbocycles. The van der Waals surface area contributed by atoms with Crippen LogP contribution in [0.15, 0.2) is 29.5 Å². The molecule has 108 valence electrons. The molecule has 0 amide bonds. The second-order valence-electron chi connectivity index (χ2n) is 5.56.